The Hall–Kier alpha value is -2.13. The summed E-state index contributed by atoms with van der Waals surface area (Å²) in [6.45, 7) is 3.55. The van der Waals surface area contributed by atoms with Gasteiger partial charge in [0.1, 0.15) is 36.8 Å². The van der Waals surface area contributed by atoms with Crippen LogP contribution in [0.3, 0.4) is 0 Å². The molecular formula is C37H64O12S. The first-order valence-electron chi connectivity index (χ1n) is 18.5. The number of carbonyl (C=O) groups excluding carboxylic acids is 2. The van der Waals surface area contributed by atoms with Gasteiger partial charge < -0.3 is 34.3 Å². The van der Waals surface area contributed by atoms with Crippen molar-refractivity contribution in [2.24, 2.45) is 0 Å². The summed E-state index contributed by atoms with van der Waals surface area (Å²) in [7, 11) is -4.60. The molecule has 1 heterocycles. The zero-order chi connectivity index (χ0) is 37.0. The van der Waals surface area contributed by atoms with E-state index in [-0.39, 0.29) is 19.4 Å². The topological polar surface area (TPSA) is 186 Å². The molecular weight excluding hydrogens is 668 g/mol. The van der Waals surface area contributed by atoms with E-state index in [0.29, 0.717) is 12.8 Å². The number of aliphatic hydroxyl groups is 3. The van der Waals surface area contributed by atoms with Gasteiger partial charge in [-0.25, -0.2) is 0 Å². The van der Waals surface area contributed by atoms with E-state index in [9.17, 15) is 37.9 Å². The fourth-order valence-electron chi connectivity index (χ4n) is 5.34. The molecule has 0 aromatic heterocycles. The van der Waals surface area contributed by atoms with Crippen molar-refractivity contribution in [3.05, 3.63) is 36.5 Å². The van der Waals surface area contributed by atoms with E-state index in [2.05, 4.69) is 50.3 Å². The summed E-state index contributed by atoms with van der Waals surface area (Å²) in [4.78, 5) is 25.1. The fourth-order valence-corrected chi connectivity index (χ4v) is 6.03. The number of aliphatic hydroxyl groups excluding tert-OH is 3. The molecule has 0 aromatic rings. The molecule has 1 fully saturated rings. The molecule has 1 rings (SSSR count). The van der Waals surface area contributed by atoms with Crippen LogP contribution in [0, 0.1) is 0 Å². The van der Waals surface area contributed by atoms with Crippen LogP contribution in [-0.4, -0.2) is 96.0 Å². The third-order valence-electron chi connectivity index (χ3n) is 8.23. The maximum Gasteiger partial charge on any atom is 0.306 e. The average Bonchev–Trinajstić information content (AvgIpc) is 3.07. The minimum atomic E-state index is -4.60. The highest BCUT2D eigenvalue weighted by molar-refractivity contribution is 7.85. The monoisotopic (exact) mass is 732 g/mol. The van der Waals surface area contributed by atoms with Crippen molar-refractivity contribution >= 4 is 22.1 Å². The number of carbonyl (C=O) groups is 2. The molecule has 50 heavy (non-hydrogen) atoms. The minimum absolute atomic E-state index is 0.129. The molecule has 6 atom stereocenters. The Morgan fingerprint density at radius 1 is 0.700 bits per heavy atom. The van der Waals surface area contributed by atoms with Gasteiger partial charge >= 0.3 is 11.9 Å². The Kier molecular flexibility index (Phi) is 26.1. The SMILES string of the molecule is CC/C=C\C/C=C\C/C=C\CCCCCC(=O)OC(COC(=O)CCCCCCCCCCC)COC1OC(CS(=O)(=O)O)C(O)C(O)C1O. The highest BCUT2D eigenvalue weighted by Crippen LogP contribution is 2.24. The Morgan fingerprint density at radius 2 is 1.26 bits per heavy atom. The Labute approximate surface area is 300 Å². The highest BCUT2D eigenvalue weighted by Gasteiger charge is 2.46. The van der Waals surface area contributed by atoms with Gasteiger partial charge in [0.2, 0.25) is 0 Å². The van der Waals surface area contributed by atoms with Crippen molar-refractivity contribution in [2.75, 3.05) is 19.0 Å². The van der Waals surface area contributed by atoms with E-state index in [1.54, 1.807) is 0 Å². The van der Waals surface area contributed by atoms with Crippen LogP contribution in [0.4, 0.5) is 0 Å². The van der Waals surface area contributed by atoms with E-state index in [1.165, 1.54) is 32.1 Å². The molecule has 290 valence electrons. The number of rotatable bonds is 29. The molecule has 1 aliphatic heterocycles. The summed E-state index contributed by atoms with van der Waals surface area (Å²) < 4.78 is 53.7. The van der Waals surface area contributed by atoms with Crippen LogP contribution in [-0.2, 0) is 38.7 Å². The lowest BCUT2D eigenvalue weighted by Crippen LogP contribution is -2.60. The van der Waals surface area contributed by atoms with Gasteiger partial charge in [-0.15, -0.1) is 0 Å². The number of esters is 2. The van der Waals surface area contributed by atoms with Crippen molar-refractivity contribution < 1.29 is 56.8 Å². The van der Waals surface area contributed by atoms with Gasteiger partial charge in [-0.3, -0.25) is 14.1 Å². The summed E-state index contributed by atoms with van der Waals surface area (Å²) in [6, 6.07) is 0. The summed E-state index contributed by atoms with van der Waals surface area (Å²) >= 11 is 0. The molecule has 0 radical (unpaired) electrons. The predicted octanol–water partition coefficient (Wildman–Crippen LogP) is 5.88. The lowest BCUT2D eigenvalue weighted by Gasteiger charge is -2.40. The van der Waals surface area contributed by atoms with Gasteiger partial charge in [0.25, 0.3) is 10.1 Å². The van der Waals surface area contributed by atoms with E-state index in [1.807, 2.05) is 0 Å². The van der Waals surface area contributed by atoms with Gasteiger partial charge in [0.15, 0.2) is 12.4 Å². The van der Waals surface area contributed by atoms with E-state index in [0.717, 1.165) is 57.8 Å². The van der Waals surface area contributed by atoms with Gasteiger partial charge in [-0.2, -0.15) is 8.42 Å². The molecule has 0 amide bonds. The first-order valence-corrected chi connectivity index (χ1v) is 20.2. The second kappa shape index (κ2) is 28.5. The number of allylic oxidation sites excluding steroid dienone is 6. The average molecular weight is 733 g/mol. The zero-order valence-corrected chi connectivity index (χ0v) is 31.1. The Morgan fingerprint density at radius 3 is 1.88 bits per heavy atom. The molecule has 0 saturated carbocycles. The van der Waals surface area contributed by atoms with E-state index < -0.39 is 71.2 Å². The molecule has 13 heteroatoms. The van der Waals surface area contributed by atoms with Crippen molar-refractivity contribution in [1.82, 2.24) is 0 Å². The lowest BCUT2D eigenvalue weighted by atomic mass is 10.00. The summed E-state index contributed by atoms with van der Waals surface area (Å²) in [5, 5.41) is 30.7. The Balaban J connectivity index is 2.58. The second-order valence-electron chi connectivity index (χ2n) is 12.9. The molecule has 1 aliphatic rings. The van der Waals surface area contributed by atoms with Crippen LogP contribution >= 0.6 is 0 Å². The Bertz CT molecular complexity index is 1090. The molecule has 0 bridgehead atoms. The largest absolute Gasteiger partial charge is 0.462 e. The highest BCUT2D eigenvalue weighted by atomic mass is 32.2. The van der Waals surface area contributed by atoms with Crippen molar-refractivity contribution in [3.8, 4) is 0 Å². The zero-order valence-electron chi connectivity index (χ0n) is 30.2. The third-order valence-corrected chi connectivity index (χ3v) is 8.98. The second-order valence-corrected chi connectivity index (χ2v) is 14.4. The van der Waals surface area contributed by atoms with E-state index in [4.69, 9.17) is 18.9 Å². The van der Waals surface area contributed by atoms with Gasteiger partial charge in [0, 0.05) is 12.8 Å². The number of unbranched alkanes of at least 4 members (excludes halogenated alkanes) is 11. The first-order chi connectivity index (χ1) is 24.0. The third kappa shape index (κ3) is 23.4. The summed E-state index contributed by atoms with van der Waals surface area (Å²) in [5.41, 5.74) is 0. The van der Waals surface area contributed by atoms with Gasteiger partial charge in [-0.1, -0.05) is 108 Å². The maximum absolute atomic E-state index is 12.7. The first kappa shape index (κ1) is 45.9. The van der Waals surface area contributed by atoms with Crippen molar-refractivity contribution in [1.29, 1.82) is 0 Å². The van der Waals surface area contributed by atoms with Crippen LogP contribution in [0.15, 0.2) is 36.5 Å². The van der Waals surface area contributed by atoms with Crippen LogP contribution in [0.5, 0.6) is 0 Å². The van der Waals surface area contributed by atoms with Crippen molar-refractivity contribution in [2.45, 2.75) is 166 Å². The normalized spacial score (nSPS) is 22.1. The molecule has 4 N–H and O–H groups in total. The number of hydrogen-bond acceptors (Lipinski definition) is 11. The standard InChI is InChI=1S/C37H64O12S/c1-3-5-7-9-11-13-14-15-16-18-20-22-24-26-33(39)48-30(27-46-32(38)25-23-21-19-17-12-10-8-6-4-2)28-47-37-36(42)35(41)34(40)31(49-37)29-50(43,44)45/h5,7,11,13,15-16,30-31,34-37,40-42H,3-4,6,8-10,12,14,17-29H2,1-2H3,(H,43,44,45)/b7-5-,13-11-,16-15-. The molecule has 6 unspecified atom stereocenters. The van der Waals surface area contributed by atoms with E-state index >= 15 is 0 Å². The van der Waals surface area contributed by atoms with Gasteiger partial charge in [-0.05, 0) is 44.9 Å². The summed E-state index contributed by atoms with van der Waals surface area (Å²) in [5.74, 6) is -2.03. The summed E-state index contributed by atoms with van der Waals surface area (Å²) in [6.07, 6.45) is 19.4. The molecule has 0 spiro atoms. The molecule has 1 saturated heterocycles. The number of hydrogen-bond donors (Lipinski definition) is 4. The molecule has 0 aliphatic carbocycles. The van der Waals surface area contributed by atoms with Crippen LogP contribution in [0.25, 0.3) is 0 Å². The predicted molar refractivity (Wildman–Crippen MR) is 192 cm³/mol. The van der Waals surface area contributed by atoms with Crippen molar-refractivity contribution in [3.63, 3.8) is 0 Å². The van der Waals surface area contributed by atoms with Gasteiger partial charge in [0.05, 0.1) is 6.61 Å². The van der Waals surface area contributed by atoms with Crippen LogP contribution < -0.4 is 0 Å². The fraction of sp³-hybridized carbons (Fsp3) is 0.784. The maximum atomic E-state index is 12.7. The smallest absolute Gasteiger partial charge is 0.306 e. The van der Waals surface area contributed by atoms with Crippen LogP contribution in [0.1, 0.15) is 129 Å². The quantitative estimate of drug-likeness (QED) is 0.0310. The number of ether oxygens (including phenoxy) is 4. The molecule has 12 nitrogen and oxygen atoms in total. The molecule has 0 aromatic carbocycles. The lowest BCUT2D eigenvalue weighted by molar-refractivity contribution is -0.297. The van der Waals surface area contributed by atoms with Crippen LogP contribution in [0.2, 0.25) is 0 Å². The minimum Gasteiger partial charge on any atom is -0.462 e.